The fourth-order valence-electron chi connectivity index (χ4n) is 4.57. The van der Waals surface area contributed by atoms with Gasteiger partial charge >= 0.3 is 6.18 Å². The number of piperazine rings is 1. The predicted octanol–water partition coefficient (Wildman–Crippen LogP) is 1.89. The molecule has 0 aromatic carbocycles. The number of nitrogens with one attached hydrogen (secondary N) is 3. The van der Waals surface area contributed by atoms with Crippen molar-refractivity contribution in [1.82, 2.24) is 16.0 Å². The molecule has 3 fully saturated rings. The Morgan fingerprint density at radius 2 is 1.85 bits per heavy atom. The van der Waals surface area contributed by atoms with Gasteiger partial charge in [0, 0.05) is 30.6 Å². The first-order valence-corrected chi connectivity index (χ1v) is 12.7. The zero-order chi connectivity index (χ0) is 19.7. The van der Waals surface area contributed by atoms with Gasteiger partial charge in [-0.2, -0.15) is 24.9 Å². The molecular weight excluding hydrogens is 399 g/mol. The summed E-state index contributed by atoms with van der Waals surface area (Å²) in [5.41, 5.74) is 0. The number of rotatable bonds is 5. The Kier molecular flexibility index (Phi) is 7.04. The lowest BCUT2D eigenvalue weighted by molar-refractivity contribution is -0.172. The molecule has 0 aromatic heterocycles. The minimum absolute atomic E-state index is 0.174. The van der Waals surface area contributed by atoms with Gasteiger partial charge in [-0.3, -0.25) is 10.6 Å². The number of hydrogen-bond acceptors (Lipinski definition) is 6. The number of halogens is 3. The van der Waals surface area contributed by atoms with Crippen LogP contribution in [0.25, 0.3) is 0 Å². The van der Waals surface area contributed by atoms with Crippen LogP contribution >= 0.6 is 11.8 Å². The quantitative estimate of drug-likeness (QED) is 0.620. The van der Waals surface area contributed by atoms with E-state index < -0.39 is 33.3 Å². The lowest BCUT2D eigenvalue weighted by Gasteiger charge is -2.45. The summed E-state index contributed by atoms with van der Waals surface area (Å²) in [5.74, 6) is 0.984. The fourth-order valence-corrected chi connectivity index (χ4v) is 6.92. The van der Waals surface area contributed by atoms with Gasteiger partial charge in [-0.25, -0.2) is 8.42 Å². The van der Waals surface area contributed by atoms with Gasteiger partial charge in [0.25, 0.3) is 0 Å². The van der Waals surface area contributed by atoms with E-state index in [-0.39, 0.29) is 18.6 Å². The molecule has 1 aliphatic carbocycles. The van der Waals surface area contributed by atoms with Gasteiger partial charge in [0.05, 0.1) is 11.4 Å². The van der Waals surface area contributed by atoms with E-state index in [1.54, 1.807) is 0 Å². The van der Waals surface area contributed by atoms with Crippen molar-refractivity contribution in [2.45, 2.75) is 73.5 Å². The van der Waals surface area contributed by atoms with Gasteiger partial charge in [0.15, 0.2) is 0 Å². The van der Waals surface area contributed by atoms with Crippen molar-refractivity contribution in [3.05, 3.63) is 0 Å². The first kappa shape index (κ1) is 21.7. The third-order valence-electron chi connectivity index (χ3n) is 6.10. The molecule has 0 spiro atoms. The third kappa shape index (κ3) is 5.74. The Morgan fingerprint density at radius 1 is 1.15 bits per heavy atom. The van der Waals surface area contributed by atoms with Crippen molar-refractivity contribution in [2.75, 3.05) is 25.1 Å². The molecule has 0 bridgehead atoms. The summed E-state index contributed by atoms with van der Waals surface area (Å²) in [5, 5.41) is 9.41. The summed E-state index contributed by atoms with van der Waals surface area (Å²) in [4.78, 5) is 0. The molecule has 1 saturated carbocycles. The smallest absolute Gasteiger partial charge is 0.302 e. The highest BCUT2D eigenvalue weighted by Crippen LogP contribution is 2.36. The Hall–Kier alpha value is -0.0300. The first-order valence-electron chi connectivity index (χ1n) is 9.74. The van der Waals surface area contributed by atoms with Crippen molar-refractivity contribution >= 4 is 21.6 Å². The predicted molar refractivity (Wildman–Crippen MR) is 103 cm³/mol. The van der Waals surface area contributed by atoms with E-state index in [1.165, 1.54) is 12.7 Å². The van der Waals surface area contributed by atoms with E-state index in [0.29, 0.717) is 30.9 Å². The molecule has 0 amide bonds. The average molecular weight is 430 g/mol. The van der Waals surface area contributed by atoms with Crippen molar-refractivity contribution < 1.29 is 21.6 Å². The van der Waals surface area contributed by atoms with Crippen LogP contribution in [0.3, 0.4) is 0 Å². The standard InChI is InChI=1S/C17H30F3N3O2S2/c1-27(24,25)13-6-4-11(5-7-13)15-16(17(18,19)20)22-10-14(23-15)21-9-12-3-2-8-26-12/h11-16,21-23H,2-10H2,1H3. The highest BCUT2D eigenvalue weighted by atomic mass is 32.2. The van der Waals surface area contributed by atoms with Crippen molar-refractivity contribution in [1.29, 1.82) is 0 Å². The van der Waals surface area contributed by atoms with Gasteiger partial charge in [-0.1, -0.05) is 0 Å². The molecule has 0 aromatic rings. The SMILES string of the molecule is CS(=O)(=O)C1CCC(C2NC(NCC3CCCS3)CNC2C(F)(F)F)CC1. The van der Waals surface area contributed by atoms with E-state index in [9.17, 15) is 21.6 Å². The van der Waals surface area contributed by atoms with Crippen LogP contribution in [0, 0.1) is 5.92 Å². The van der Waals surface area contributed by atoms with E-state index >= 15 is 0 Å². The highest BCUT2D eigenvalue weighted by molar-refractivity contribution is 8.00. The maximum Gasteiger partial charge on any atom is 0.405 e. The molecule has 3 N–H and O–H groups in total. The lowest BCUT2D eigenvalue weighted by Crippen LogP contribution is -2.70. The molecular formula is C17H30F3N3O2S2. The van der Waals surface area contributed by atoms with E-state index in [0.717, 1.165) is 18.7 Å². The normalized spacial score (nSPS) is 38.8. The number of alkyl halides is 3. The van der Waals surface area contributed by atoms with Crippen LogP contribution in [-0.4, -0.2) is 68.4 Å². The fraction of sp³-hybridized carbons (Fsp3) is 1.00. The summed E-state index contributed by atoms with van der Waals surface area (Å²) in [7, 11) is -3.12. The molecule has 2 saturated heterocycles. The molecule has 158 valence electrons. The van der Waals surface area contributed by atoms with Crippen LogP contribution in [0.4, 0.5) is 13.2 Å². The molecule has 2 aliphatic heterocycles. The zero-order valence-electron chi connectivity index (χ0n) is 15.6. The van der Waals surface area contributed by atoms with Crippen LogP contribution in [0.2, 0.25) is 0 Å². The van der Waals surface area contributed by atoms with Crippen LogP contribution < -0.4 is 16.0 Å². The van der Waals surface area contributed by atoms with Crippen LogP contribution in [0.15, 0.2) is 0 Å². The summed E-state index contributed by atoms with van der Waals surface area (Å²) in [6, 6.07) is -2.32. The van der Waals surface area contributed by atoms with Gasteiger partial charge < -0.3 is 5.32 Å². The Balaban J connectivity index is 1.61. The molecule has 2 heterocycles. The summed E-state index contributed by atoms with van der Waals surface area (Å²) in [6.07, 6.45) is 0.977. The van der Waals surface area contributed by atoms with Gasteiger partial charge in [-0.05, 0) is 50.2 Å². The van der Waals surface area contributed by atoms with Crippen LogP contribution in [-0.2, 0) is 9.84 Å². The molecule has 4 atom stereocenters. The Bertz CT molecular complexity index is 589. The Labute approximate surface area is 163 Å². The van der Waals surface area contributed by atoms with E-state index in [4.69, 9.17) is 0 Å². The number of thioether (sulfide) groups is 1. The molecule has 10 heteroatoms. The molecule has 5 nitrogen and oxygen atoms in total. The monoisotopic (exact) mass is 429 g/mol. The van der Waals surface area contributed by atoms with Gasteiger partial charge in [-0.15, -0.1) is 0 Å². The van der Waals surface area contributed by atoms with Crippen molar-refractivity contribution in [3.63, 3.8) is 0 Å². The van der Waals surface area contributed by atoms with E-state index in [2.05, 4.69) is 16.0 Å². The zero-order valence-corrected chi connectivity index (χ0v) is 17.2. The van der Waals surface area contributed by atoms with Crippen molar-refractivity contribution in [2.24, 2.45) is 5.92 Å². The highest BCUT2D eigenvalue weighted by Gasteiger charge is 2.50. The minimum atomic E-state index is -4.32. The second kappa shape index (κ2) is 8.77. The maximum atomic E-state index is 13.5. The summed E-state index contributed by atoms with van der Waals surface area (Å²) >= 11 is 1.92. The van der Waals surface area contributed by atoms with Crippen molar-refractivity contribution in [3.8, 4) is 0 Å². The number of hydrogen-bond donors (Lipinski definition) is 3. The molecule has 4 unspecified atom stereocenters. The third-order valence-corrected chi connectivity index (χ3v) is 9.18. The number of sulfone groups is 1. The second-order valence-electron chi connectivity index (χ2n) is 8.08. The van der Waals surface area contributed by atoms with E-state index in [1.807, 2.05) is 11.8 Å². The summed E-state index contributed by atoms with van der Waals surface area (Å²) in [6.45, 7) is 1.03. The maximum absolute atomic E-state index is 13.5. The topological polar surface area (TPSA) is 70.2 Å². The minimum Gasteiger partial charge on any atom is -0.302 e. The lowest BCUT2D eigenvalue weighted by atomic mass is 9.79. The van der Waals surface area contributed by atoms with Gasteiger partial charge in [0.1, 0.15) is 15.9 Å². The Morgan fingerprint density at radius 3 is 2.41 bits per heavy atom. The van der Waals surface area contributed by atoms with Crippen LogP contribution in [0.1, 0.15) is 38.5 Å². The molecule has 27 heavy (non-hydrogen) atoms. The first-order chi connectivity index (χ1) is 12.6. The second-order valence-corrected chi connectivity index (χ2v) is 11.8. The molecule has 0 radical (unpaired) electrons. The average Bonchev–Trinajstić information content (AvgIpc) is 3.12. The summed E-state index contributed by atoms with van der Waals surface area (Å²) < 4.78 is 64.1. The molecule has 3 rings (SSSR count). The van der Waals surface area contributed by atoms with Crippen LogP contribution in [0.5, 0.6) is 0 Å². The molecule has 3 aliphatic rings. The van der Waals surface area contributed by atoms with Gasteiger partial charge in [0.2, 0.25) is 0 Å². The largest absolute Gasteiger partial charge is 0.405 e.